The van der Waals surface area contributed by atoms with Crippen molar-refractivity contribution in [3.63, 3.8) is 0 Å². The van der Waals surface area contributed by atoms with E-state index in [1.54, 1.807) is 17.0 Å². The molecule has 2 amide bonds. The Morgan fingerprint density at radius 2 is 1.97 bits per heavy atom. The molecule has 1 atom stereocenters. The Bertz CT molecular complexity index is 1130. The van der Waals surface area contributed by atoms with Gasteiger partial charge in [0.25, 0.3) is 5.91 Å². The number of aromatic hydroxyl groups is 1. The Balaban J connectivity index is 1.30. The van der Waals surface area contributed by atoms with E-state index in [1.807, 2.05) is 30.5 Å². The van der Waals surface area contributed by atoms with Crippen molar-refractivity contribution in [1.29, 1.82) is 0 Å². The van der Waals surface area contributed by atoms with Crippen molar-refractivity contribution in [2.24, 2.45) is 0 Å². The first-order valence-electron chi connectivity index (χ1n) is 11.0. The highest BCUT2D eigenvalue weighted by Gasteiger charge is 2.35. The normalized spacial score (nSPS) is 18.2. The number of phenolic OH excluding ortho intramolecular Hbond substituents is 1. The van der Waals surface area contributed by atoms with E-state index in [-0.39, 0.29) is 23.1 Å². The minimum atomic E-state index is -0.532. The van der Waals surface area contributed by atoms with Crippen molar-refractivity contribution >= 4 is 22.6 Å². The highest BCUT2D eigenvalue weighted by molar-refractivity contribution is 6.05. The summed E-state index contributed by atoms with van der Waals surface area (Å²) < 4.78 is 2.17. The van der Waals surface area contributed by atoms with E-state index in [0.29, 0.717) is 24.9 Å². The summed E-state index contributed by atoms with van der Waals surface area (Å²) in [6, 6.07) is 10.3. The quantitative estimate of drug-likeness (QED) is 0.682. The van der Waals surface area contributed by atoms with E-state index < -0.39 is 6.04 Å². The van der Waals surface area contributed by atoms with Gasteiger partial charge in [-0.3, -0.25) is 9.59 Å². The lowest BCUT2D eigenvalue weighted by Gasteiger charge is -2.24. The second kappa shape index (κ2) is 8.06. The summed E-state index contributed by atoms with van der Waals surface area (Å²) in [5.74, 6) is 0.577. The highest BCUT2D eigenvalue weighted by atomic mass is 16.3. The SMILES string of the molecule is O=C(NCc1cn2c(n1)CCCC2)C1CCCN1C(=O)c1ccc2ccccc2c1O. The fourth-order valence-corrected chi connectivity index (χ4v) is 4.72. The predicted molar refractivity (Wildman–Crippen MR) is 117 cm³/mol. The van der Waals surface area contributed by atoms with Crippen molar-refractivity contribution in [2.45, 2.75) is 51.2 Å². The Morgan fingerprint density at radius 1 is 1.10 bits per heavy atom. The maximum Gasteiger partial charge on any atom is 0.258 e. The number of benzene rings is 2. The van der Waals surface area contributed by atoms with Gasteiger partial charge in [0.2, 0.25) is 5.91 Å². The third-order valence-corrected chi connectivity index (χ3v) is 6.35. The number of nitrogens with zero attached hydrogens (tertiary/aromatic N) is 3. The van der Waals surface area contributed by atoms with Gasteiger partial charge in [-0.25, -0.2) is 4.98 Å². The van der Waals surface area contributed by atoms with E-state index >= 15 is 0 Å². The van der Waals surface area contributed by atoms with Gasteiger partial charge < -0.3 is 19.9 Å². The molecule has 31 heavy (non-hydrogen) atoms. The van der Waals surface area contributed by atoms with Gasteiger partial charge in [0, 0.05) is 31.1 Å². The molecule has 5 rings (SSSR count). The molecule has 2 aromatic carbocycles. The fourth-order valence-electron chi connectivity index (χ4n) is 4.72. The lowest BCUT2D eigenvalue weighted by Crippen LogP contribution is -2.45. The van der Waals surface area contributed by atoms with Crippen molar-refractivity contribution in [3.8, 4) is 5.75 Å². The van der Waals surface area contributed by atoms with Gasteiger partial charge in [-0.15, -0.1) is 0 Å². The molecule has 160 valence electrons. The minimum absolute atomic E-state index is 0.0299. The van der Waals surface area contributed by atoms with Crippen LogP contribution in [0.3, 0.4) is 0 Å². The molecule has 2 aliphatic rings. The van der Waals surface area contributed by atoms with E-state index in [2.05, 4.69) is 14.9 Å². The standard InChI is InChI=1S/C24H26N4O3/c29-22-18-7-2-1-6-16(18)10-11-19(22)24(31)28-13-5-8-20(28)23(30)25-14-17-15-27-12-4-3-9-21(27)26-17/h1-2,6-7,10-11,15,20,29H,3-5,8-9,12-14H2,(H,25,30). The van der Waals surface area contributed by atoms with E-state index in [4.69, 9.17) is 0 Å². The molecule has 0 bridgehead atoms. The van der Waals surface area contributed by atoms with Crippen LogP contribution in [0.15, 0.2) is 42.6 Å². The molecule has 0 aliphatic carbocycles. The van der Waals surface area contributed by atoms with E-state index in [1.165, 1.54) is 0 Å². The summed E-state index contributed by atoms with van der Waals surface area (Å²) >= 11 is 0. The molecule has 3 aromatic rings. The van der Waals surface area contributed by atoms with Crippen molar-refractivity contribution in [3.05, 3.63) is 59.7 Å². The Hall–Kier alpha value is -3.35. The average molecular weight is 418 g/mol. The van der Waals surface area contributed by atoms with Gasteiger partial charge in [0.05, 0.1) is 17.8 Å². The monoisotopic (exact) mass is 418 g/mol. The topological polar surface area (TPSA) is 87.5 Å². The zero-order valence-electron chi connectivity index (χ0n) is 17.4. The number of hydrogen-bond acceptors (Lipinski definition) is 4. The molecule has 2 N–H and O–H groups in total. The van der Waals surface area contributed by atoms with Crippen LogP contribution in [0.25, 0.3) is 10.8 Å². The zero-order chi connectivity index (χ0) is 21.4. The number of rotatable bonds is 4. The summed E-state index contributed by atoms with van der Waals surface area (Å²) in [6.45, 7) is 1.84. The number of hydrogen-bond donors (Lipinski definition) is 2. The first-order chi connectivity index (χ1) is 15.1. The zero-order valence-corrected chi connectivity index (χ0v) is 17.4. The number of imidazole rings is 1. The molecule has 1 saturated heterocycles. The summed E-state index contributed by atoms with van der Waals surface area (Å²) in [7, 11) is 0. The minimum Gasteiger partial charge on any atom is -0.506 e. The van der Waals surface area contributed by atoms with E-state index in [9.17, 15) is 14.7 Å². The van der Waals surface area contributed by atoms with Gasteiger partial charge in [-0.05, 0) is 37.1 Å². The van der Waals surface area contributed by atoms with Crippen molar-refractivity contribution < 1.29 is 14.7 Å². The lowest BCUT2D eigenvalue weighted by molar-refractivity contribution is -0.125. The number of likely N-dealkylation sites (tertiary alicyclic amines) is 1. The van der Waals surface area contributed by atoms with Gasteiger partial charge in [0.1, 0.15) is 17.6 Å². The molecule has 7 nitrogen and oxygen atoms in total. The van der Waals surface area contributed by atoms with Crippen LogP contribution >= 0.6 is 0 Å². The van der Waals surface area contributed by atoms with Crippen LogP contribution < -0.4 is 5.32 Å². The first-order valence-corrected chi connectivity index (χ1v) is 11.0. The number of aromatic nitrogens is 2. The summed E-state index contributed by atoms with van der Waals surface area (Å²) in [6.07, 6.45) is 6.69. The number of phenols is 1. The van der Waals surface area contributed by atoms with Gasteiger partial charge in [0.15, 0.2) is 0 Å². The smallest absolute Gasteiger partial charge is 0.258 e. The molecule has 1 aromatic heterocycles. The summed E-state index contributed by atoms with van der Waals surface area (Å²) in [5.41, 5.74) is 1.09. The first kappa shape index (κ1) is 19.6. The maximum atomic E-state index is 13.2. The van der Waals surface area contributed by atoms with Crippen LogP contribution in [0.2, 0.25) is 0 Å². The molecule has 0 radical (unpaired) electrons. The molecule has 1 unspecified atom stereocenters. The number of carbonyl (C=O) groups excluding carboxylic acids is 2. The number of carbonyl (C=O) groups is 2. The van der Waals surface area contributed by atoms with Crippen molar-refractivity contribution in [1.82, 2.24) is 19.8 Å². The van der Waals surface area contributed by atoms with Crippen molar-refractivity contribution in [2.75, 3.05) is 6.54 Å². The fraction of sp³-hybridized carbons (Fsp3) is 0.375. The molecule has 7 heteroatoms. The molecule has 3 heterocycles. The van der Waals surface area contributed by atoms with Crippen LogP contribution in [-0.2, 0) is 24.3 Å². The molecule has 0 saturated carbocycles. The number of nitrogens with one attached hydrogen (secondary N) is 1. The predicted octanol–water partition coefficient (Wildman–Crippen LogP) is 3.00. The van der Waals surface area contributed by atoms with E-state index in [0.717, 1.165) is 49.1 Å². The van der Waals surface area contributed by atoms with Gasteiger partial charge in [-0.1, -0.05) is 30.3 Å². The second-order valence-electron chi connectivity index (χ2n) is 8.36. The lowest BCUT2D eigenvalue weighted by atomic mass is 10.0. The maximum absolute atomic E-state index is 13.2. The third kappa shape index (κ3) is 3.65. The Morgan fingerprint density at radius 3 is 2.84 bits per heavy atom. The highest BCUT2D eigenvalue weighted by Crippen LogP contribution is 2.31. The van der Waals surface area contributed by atoms with Gasteiger partial charge in [-0.2, -0.15) is 0 Å². The van der Waals surface area contributed by atoms with Gasteiger partial charge >= 0.3 is 0 Å². The average Bonchev–Trinajstić information content (AvgIpc) is 3.44. The largest absolute Gasteiger partial charge is 0.506 e. The Kier molecular flexibility index (Phi) is 5.10. The molecule has 0 spiro atoms. The Labute approximate surface area is 180 Å². The third-order valence-electron chi connectivity index (χ3n) is 6.35. The van der Waals surface area contributed by atoms with Crippen LogP contribution in [0.1, 0.15) is 47.6 Å². The second-order valence-corrected chi connectivity index (χ2v) is 8.36. The summed E-state index contributed by atoms with van der Waals surface area (Å²) in [4.78, 5) is 32.3. The van der Waals surface area contributed by atoms with Crippen LogP contribution in [0.4, 0.5) is 0 Å². The molecular formula is C24H26N4O3. The molecular weight excluding hydrogens is 392 g/mol. The number of fused-ring (bicyclic) bond motifs is 2. The summed E-state index contributed by atoms with van der Waals surface area (Å²) in [5, 5.41) is 15.1. The number of aryl methyl sites for hydroxylation is 2. The van der Waals surface area contributed by atoms with Crippen LogP contribution in [-0.4, -0.2) is 44.0 Å². The van der Waals surface area contributed by atoms with Crippen LogP contribution in [0, 0.1) is 0 Å². The van der Waals surface area contributed by atoms with Crippen LogP contribution in [0.5, 0.6) is 5.75 Å². The molecule has 1 fully saturated rings. The molecule has 2 aliphatic heterocycles. The number of amides is 2.